The molecule has 1 N–H and O–H groups in total. The smallest absolute Gasteiger partial charge is 0.151 e. The van der Waals surface area contributed by atoms with Gasteiger partial charge in [-0.3, -0.25) is 0 Å². The van der Waals surface area contributed by atoms with Gasteiger partial charge in [-0.05, 0) is 37.0 Å². The Hall–Kier alpha value is -0.0900. The molecule has 0 aromatic rings. The summed E-state index contributed by atoms with van der Waals surface area (Å²) in [6.07, 6.45) is 7.41. The Morgan fingerprint density at radius 3 is 2.44 bits per heavy atom. The first-order valence-electron chi connectivity index (χ1n) is 7.35. The van der Waals surface area contributed by atoms with Gasteiger partial charge in [-0.15, -0.1) is 0 Å². The zero-order chi connectivity index (χ0) is 13.2. The summed E-state index contributed by atoms with van der Waals surface area (Å²) < 4.78 is 22.9. The first kappa shape index (κ1) is 14.3. The molecule has 1 aliphatic carbocycles. The van der Waals surface area contributed by atoms with E-state index in [0.717, 1.165) is 18.9 Å². The zero-order valence-electron chi connectivity index (χ0n) is 11.7. The highest BCUT2D eigenvalue weighted by atomic mass is 32.2. The Morgan fingerprint density at radius 1 is 1.28 bits per heavy atom. The summed E-state index contributed by atoms with van der Waals surface area (Å²) in [5, 5.41) is 3.55. The van der Waals surface area contributed by atoms with Crippen LogP contribution in [0.4, 0.5) is 0 Å². The lowest BCUT2D eigenvalue weighted by Gasteiger charge is -2.32. The molecule has 1 aliphatic heterocycles. The second-order valence-electron chi connectivity index (χ2n) is 6.79. The highest BCUT2D eigenvalue weighted by Crippen LogP contribution is 2.42. The molecule has 0 aromatic heterocycles. The predicted molar refractivity (Wildman–Crippen MR) is 75.4 cm³/mol. The van der Waals surface area contributed by atoms with Crippen LogP contribution in [-0.4, -0.2) is 32.5 Å². The molecule has 2 aliphatic rings. The van der Waals surface area contributed by atoms with Crippen molar-refractivity contribution in [2.75, 3.05) is 18.1 Å². The Kier molecular flexibility index (Phi) is 4.37. The largest absolute Gasteiger partial charge is 0.312 e. The lowest BCUT2D eigenvalue weighted by atomic mass is 9.78. The van der Waals surface area contributed by atoms with Crippen LogP contribution in [0.25, 0.3) is 0 Å². The number of sulfone groups is 1. The van der Waals surface area contributed by atoms with E-state index in [-0.39, 0.29) is 6.04 Å². The summed E-state index contributed by atoms with van der Waals surface area (Å²) in [4.78, 5) is 0. The fourth-order valence-electron chi connectivity index (χ4n) is 3.76. The molecular weight excluding hydrogens is 246 g/mol. The average Bonchev–Trinajstić information content (AvgIpc) is 2.82. The van der Waals surface area contributed by atoms with Crippen LogP contribution in [-0.2, 0) is 9.84 Å². The molecule has 2 fully saturated rings. The van der Waals surface area contributed by atoms with Gasteiger partial charge in [0.15, 0.2) is 9.84 Å². The van der Waals surface area contributed by atoms with E-state index in [4.69, 9.17) is 0 Å². The van der Waals surface area contributed by atoms with E-state index in [0.29, 0.717) is 16.9 Å². The summed E-state index contributed by atoms with van der Waals surface area (Å²) in [5.41, 5.74) is 0.445. The third-order valence-corrected chi connectivity index (χ3v) is 6.27. The normalized spacial score (nSPS) is 30.1. The first-order chi connectivity index (χ1) is 8.41. The van der Waals surface area contributed by atoms with Gasteiger partial charge in [0.2, 0.25) is 0 Å². The lowest BCUT2D eigenvalue weighted by Crippen LogP contribution is -2.39. The standard InChI is InChI=1S/C14H27NO2S/c1-12(2)9-14(6-3-4-7-14)11-15-13-5-8-18(16,17)10-13/h12-13,15H,3-11H2,1-2H3. The van der Waals surface area contributed by atoms with Gasteiger partial charge in [-0.2, -0.15) is 0 Å². The van der Waals surface area contributed by atoms with E-state index in [9.17, 15) is 8.42 Å². The molecule has 0 bridgehead atoms. The molecule has 0 aromatic carbocycles. The van der Waals surface area contributed by atoms with Gasteiger partial charge >= 0.3 is 0 Å². The second-order valence-corrected chi connectivity index (χ2v) is 9.01. The van der Waals surface area contributed by atoms with Gasteiger partial charge < -0.3 is 5.32 Å². The monoisotopic (exact) mass is 273 g/mol. The van der Waals surface area contributed by atoms with E-state index in [1.807, 2.05) is 0 Å². The maximum absolute atomic E-state index is 11.5. The molecule has 0 spiro atoms. The third-order valence-electron chi connectivity index (χ3n) is 4.50. The van der Waals surface area contributed by atoms with Crippen molar-refractivity contribution in [3.05, 3.63) is 0 Å². The van der Waals surface area contributed by atoms with Crippen molar-refractivity contribution in [2.24, 2.45) is 11.3 Å². The van der Waals surface area contributed by atoms with E-state index in [2.05, 4.69) is 19.2 Å². The van der Waals surface area contributed by atoms with Crippen molar-refractivity contribution in [3.8, 4) is 0 Å². The number of rotatable bonds is 5. The molecular formula is C14H27NO2S. The fraction of sp³-hybridized carbons (Fsp3) is 1.00. The molecule has 1 saturated carbocycles. The molecule has 18 heavy (non-hydrogen) atoms. The van der Waals surface area contributed by atoms with E-state index < -0.39 is 9.84 Å². The van der Waals surface area contributed by atoms with Gasteiger partial charge in [0.1, 0.15) is 0 Å². The Labute approximate surface area is 112 Å². The topological polar surface area (TPSA) is 46.2 Å². The SMILES string of the molecule is CC(C)CC1(CNC2CCS(=O)(=O)C2)CCCC1. The highest BCUT2D eigenvalue weighted by molar-refractivity contribution is 7.91. The molecule has 2 rings (SSSR count). The van der Waals surface area contributed by atoms with Gasteiger partial charge in [0.05, 0.1) is 11.5 Å². The Bertz CT molecular complexity index is 369. The summed E-state index contributed by atoms with van der Waals surface area (Å²) in [5.74, 6) is 1.46. The maximum atomic E-state index is 11.5. The predicted octanol–water partition coefficient (Wildman–Crippen LogP) is 2.37. The summed E-state index contributed by atoms with van der Waals surface area (Å²) in [6.45, 7) is 5.60. The van der Waals surface area contributed by atoms with Gasteiger partial charge in [0, 0.05) is 12.6 Å². The van der Waals surface area contributed by atoms with Crippen LogP contribution >= 0.6 is 0 Å². The second kappa shape index (κ2) is 5.49. The van der Waals surface area contributed by atoms with Crippen molar-refractivity contribution < 1.29 is 8.42 Å². The van der Waals surface area contributed by atoms with E-state index in [1.54, 1.807) is 0 Å². The van der Waals surface area contributed by atoms with Crippen LogP contribution in [0.5, 0.6) is 0 Å². The number of nitrogens with one attached hydrogen (secondary N) is 1. The maximum Gasteiger partial charge on any atom is 0.151 e. The quantitative estimate of drug-likeness (QED) is 0.836. The van der Waals surface area contributed by atoms with Crippen molar-refractivity contribution >= 4 is 9.84 Å². The minimum absolute atomic E-state index is 0.208. The van der Waals surface area contributed by atoms with Crippen LogP contribution < -0.4 is 5.32 Å². The molecule has 3 nitrogen and oxygen atoms in total. The highest BCUT2D eigenvalue weighted by Gasteiger charge is 2.36. The van der Waals surface area contributed by atoms with Crippen LogP contribution in [0.1, 0.15) is 52.4 Å². The lowest BCUT2D eigenvalue weighted by molar-refractivity contribution is 0.217. The van der Waals surface area contributed by atoms with Crippen molar-refractivity contribution in [1.82, 2.24) is 5.32 Å². The molecule has 1 heterocycles. The van der Waals surface area contributed by atoms with Crippen LogP contribution in [0.3, 0.4) is 0 Å². The van der Waals surface area contributed by atoms with Crippen LogP contribution in [0.2, 0.25) is 0 Å². The van der Waals surface area contributed by atoms with Crippen LogP contribution in [0.15, 0.2) is 0 Å². The molecule has 0 radical (unpaired) electrons. The van der Waals surface area contributed by atoms with E-state index in [1.165, 1.54) is 32.1 Å². The van der Waals surface area contributed by atoms with Gasteiger partial charge in [-0.1, -0.05) is 26.7 Å². The van der Waals surface area contributed by atoms with Crippen molar-refractivity contribution in [1.29, 1.82) is 0 Å². The molecule has 4 heteroatoms. The third kappa shape index (κ3) is 3.70. The van der Waals surface area contributed by atoms with E-state index >= 15 is 0 Å². The minimum atomic E-state index is -2.75. The summed E-state index contributed by atoms with van der Waals surface area (Å²) in [6, 6.07) is 0.208. The van der Waals surface area contributed by atoms with Gasteiger partial charge in [0.25, 0.3) is 0 Å². The fourth-order valence-corrected chi connectivity index (χ4v) is 5.47. The van der Waals surface area contributed by atoms with Crippen molar-refractivity contribution in [2.45, 2.75) is 58.4 Å². The summed E-state index contributed by atoms with van der Waals surface area (Å²) >= 11 is 0. The van der Waals surface area contributed by atoms with Crippen LogP contribution in [0, 0.1) is 11.3 Å². The van der Waals surface area contributed by atoms with Gasteiger partial charge in [-0.25, -0.2) is 8.42 Å². The molecule has 106 valence electrons. The summed E-state index contributed by atoms with van der Waals surface area (Å²) in [7, 11) is -2.75. The van der Waals surface area contributed by atoms with Crippen molar-refractivity contribution in [3.63, 3.8) is 0 Å². The molecule has 0 amide bonds. The molecule has 1 unspecified atom stereocenters. The molecule has 1 saturated heterocycles. The first-order valence-corrected chi connectivity index (χ1v) is 9.17. The number of hydrogen-bond donors (Lipinski definition) is 1. The molecule has 1 atom stereocenters. The zero-order valence-corrected chi connectivity index (χ0v) is 12.6. The average molecular weight is 273 g/mol. The minimum Gasteiger partial charge on any atom is -0.312 e. The Balaban J connectivity index is 1.87. The number of hydrogen-bond acceptors (Lipinski definition) is 3. The Morgan fingerprint density at radius 2 is 1.94 bits per heavy atom.